The Bertz CT molecular complexity index is 1880. The Balaban J connectivity index is 1.22. The molecule has 0 aliphatic carbocycles. The fourth-order valence-corrected chi connectivity index (χ4v) is 7.15. The summed E-state index contributed by atoms with van der Waals surface area (Å²) in [6, 6.07) is 11.6. The van der Waals surface area contributed by atoms with Crippen LogP contribution in [0.4, 0.5) is 0 Å². The number of benzene rings is 2. The molecule has 0 spiro atoms. The van der Waals surface area contributed by atoms with Gasteiger partial charge in [-0.3, -0.25) is 24.5 Å². The predicted molar refractivity (Wildman–Crippen MR) is 192 cm³/mol. The smallest absolute Gasteiger partial charge is 0.237 e. The van der Waals surface area contributed by atoms with Gasteiger partial charge in [0.15, 0.2) is 0 Å². The lowest BCUT2D eigenvalue weighted by molar-refractivity contribution is -0.120. The number of rotatable bonds is 12. The molecule has 2 amide bonds. The highest BCUT2D eigenvalue weighted by molar-refractivity contribution is 6.39. The summed E-state index contributed by atoms with van der Waals surface area (Å²) in [5.41, 5.74) is 5.27. The average Bonchev–Trinajstić information content (AvgIpc) is 3.53. The van der Waals surface area contributed by atoms with E-state index in [1.54, 1.807) is 33.5 Å². The predicted octanol–water partition coefficient (Wildman–Crippen LogP) is 5.06. The summed E-state index contributed by atoms with van der Waals surface area (Å²) >= 11 is 14.1. The zero-order valence-electron chi connectivity index (χ0n) is 28.3. The largest absolute Gasteiger partial charge is 0.480 e. The third-order valence-corrected chi connectivity index (χ3v) is 9.72. The maximum atomic E-state index is 11.6. The number of carbonyl (C=O) groups is 2. The first kappa shape index (κ1) is 35.5. The van der Waals surface area contributed by atoms with Crippen LogP contribution < -0.4 is 25.4 Å². The number of nitrogens with one attached hydrogen (secondary N) is 3. The van der Waals surface area contributed by atoms with Crippen molar-refractivity contribution in [3.63, 3.8) is 0 Å². The number of methoxy groups -OCH3 is 2. The summed E-state index contributed by atoms with van der Waals surface area (Å²) < 4.78 is 11.3. The molecule has 12 nitrogen and oxygen atoms in total. The van der Waals surface area contributed by atoms with Gasteiger partial charge >= 0.3 is 0 Å². The highest BCUT2D eigenvalue weighted by atomic mass is 35.5. The van der Waals surface area contributed by atoms with Crippen molar-refractivity contribution >= 4 is 35.0 Å². The Kier molecular flexibility index (Phi) is 11.4. The summed E-state index contributed by atoms with van der Waals surface area (Å²) in [5, 5.41) is 10.2. The number of aromatic nitrogens is 4. The number of ether oxygens (including phenoxy) is 2. The van der Waals surface area contributed by atoms with Crippen LogP contribution in [-0.2, 0) is 22.7 Å². The Hall–Kier alpha value is -4.36. The molecular weight excluding hydrogens is 679 g/mol. The third-order valence-electron chi connectivity index (χ3n) is 8.90. The molecule has 4 heterocycles. The van der Waals surface area contributed by atoms with Crippen LogP contribution in [0.5, 0.6) is 11.8 Å². The second-order valence-corrected chi connectivity index (χ2v) is 13.2. The number of hydrogen-bond donors (Lipinski definition) is 3. The van der Waals surface area contributed by atoms with Crippen molar-refractivity contribution in [3.8, 4) is 45.4 Å². The number of carbonyl (C=O) groups excluding carboxylic acids is 2. The van der Waals surface area contributed by atoms with E-state index in [-0.39, 0.29) is 23.9 Å². The van der Waals surface area contributed by atoms with Gasteiger partial charge in [0.05, 0.1) is 48.0 Å². The van der Waals surface area contributed by atoms with E-state index in [2.05, 4.69) is 25.8 Å². The second kappa shape index (κ2) is 16.1. The molecule has 0 saturated carbocycles. The van der Waals surface area contributed by atoms with Crippen molar-refractivity contribution in [2.45, 2.75) is 57.8 Å². The second-order valence-electron chi connectivity index (χ2n) is 12.5. The molecule has 4 aromatic rings. The molecule has 50 heavy (non-hydrogen) atoms. The Morgan fingerprint density at radius 1 is 0.920 bits per heavy atom. The van der Waals surface area contributed by atoms with Crippen molar-refractivity contribution in [3.05, 3.63) is 70.2 Å². The molecule has 2 aromatic heterocycles. The van der Waals surface area contributed by atoms with Crippen LogP contribution in [-0.4, -0.2) is 82.6 Å². The molecule has 262 valence electrons. The highest BCUT2D eigenvalue weighted by Gasteiger charge is 2.24. The van der Waals surface area contributed by atoms with Gasteiger partial charge in [0.1, 0.15) is 11.4 Å². The standard InChI is InChI=1S/C36H40Cl2N8O4/c1-21(47)42-23-7-6-14-46(19-23)20-31-36(50-3)45-29(18-41-31)27-11-5-9-25(34(27)38)24-8-4-10-26(33(24)37)28-17-40-30(35(44-28)49-2)16-39-15-22-12-13-32(48)43-22/h4-5,8-11,17-18,22-23,39H,6-7,12-16,19-20H2,1-3H3,(H,42,47)(H,43,48)/t22-,23?/m1/s1. The highest BCUT2D eigenvalue weighted by Crippen LogP contribution is 2.42. The Labute approximate surface area is 301 Å². The van der Waals surface area contributed by atoms with E-state index < -0.39 is 0 Å². The number of halogens is 2. The Morgan fingerprint density at radius 3 is 2.10 bits per heavy atom. The number of likely N-dealkylation sites (tertiary alicyclic amines) is 1. The van der Waals surface area contributed by atoms with Gasteiger partial charge in [0.25, 0.3) is 0 Å². The van der Waals surface area contributed by atoms with Gasteiger partial charge in [0, 0.05) is 73.9 Å². The van der Waals surface area contributed by atoms with Crippen molar-refractivity contribution in [1.82, 2.24) is 40.8 Å². The van der Waals surface area contributed by atoms with Crippen LogP contribution in [0.1, 0.15) is 44.0 Å². The summed E-state index contributed by atoms with van der Waals surface area (Å²) in [6.07, 6.45) is 6.68. The van der Waals surface area contributed by atoms with E-state index in [1.807, 2.05) is 36.4 Å². The zero-order valence-corrected chi connectivity index (χ0v) is 29.8. The SMILES string of the molecule is COc1nc(-c2cccc(-c3cccc(-c4cnc(CN5CCCC(NC(C)=O)C5)c(OC)n4)c3Cl)c2Cl)cnc1CNC[C@H]1CCC(=O)N1. The maximum Gasteiger partial charge on any atom is 0.237 e. The monoisotopic (exact) mass is 718 g/mol. The van der Waals surface area contributed by atoms with Crippen molar-refractivity contribution in [2.75, 3.05) is 33.9 Å². The van der Waals surface area contributed by atoms with Crippen molar-refractivity contribution in [1.29, 1.82) is 0 Å². The number of nitrogens with zero attached hydrogens (tertiary/aromatic N) is 5. The van der Waals surface area contributed by atoms with Gasteiger partial charge in [-0.05, 0) is 25.8 Å². The van der Waals surface area contributed by atoms with Crippen molar-refractivity contribution < 1.29 is 19.1 Å². The molecule has 1 unspecified atom stereocenters. The number of piperidine rings is 1. The molecule has 2 aliphatic heterocycles. The van der Waals surface area contributed by atoms with Gasteiger partial charge < -0.3 is 25.4 Å². The molecular formula is C36H40Cl2N8O4. The van der Waals surface area contributed by atoms with Gasteiger partial charge in [-0.25, -0.2) is 9.97 Å². The van der Waals surface area contributed by atoms with E-state index in [0.717, 1.165) is 43.5 Å². The first-order chi connectivity index (χ1) is 24.2. The number of amides is 2. The summed E-state index contributed by atoms with van der Waals surface area (Å²) in [4.78, 5) is 44.2. The Morgan fingerprint density at radius 2 is 1.52 bits per heavy atom. The van der Waals surface area contributed by atoms with Crippen LogP contribution in [0.25, 0.3) is 33.6 Å². The molecule has 0 radical (unpaired) electrons. The fraction of sp³-hybridized carbons (Fsp3) is 0.389. The van der Waals surface area contributed by atoms with Gasteiger partial charge in [-0.15, -0.1) is 0 Å². The molecule has 2 aromatic carbocycles. The van der Waals surface area contributed by atoms with Crippen LogP contribution >= 0.6 is 23.2 Å². The summed E-state index contributed by atoms with van der Waals surface area (Å²) in [7, 11) is 3.13. The van der Waals surface area contributed by atoms with Crippen molar-refractivity contribution in [2.24, 2.45) is 0 Å². The lowest BCUT2D eigenvalue weighted by Crippen LogP contribution is -2.46. The van der Waals surface area contributed by atoms with Gasteiger partial charge in [-0.1, -0.05) is 59.6 Å². The van der Waals surface area contributed by atoms with Crippen LogP contribution in [0, 0.1) is 0 Å². The zero-order chi connectivity index (χ0) is 35.2. The normalized spacial score (nSPS) is 17.7. The van der Waals surface area contributed by atoms with Crippen LogP contribution in [0.3, 0.4) is 0 Å². The minimum atomic E-state index is -0.0219. The topological polar surface area (TPSA) is 143 Å². The lowest BCUT2D eigenvalue weighted by atomic mass is 9.98. The average molecular weight is 720 g/mol. The fourth-order valence-electron chi connectivity index (χ4n) is 6.50. The van der Waals surface area contributed by atoms with E-state index in [1.165, 1.54) is 0 Å². The van der Waals surface area contributed by atoms with Crippen LogP contribution in [0.2, 0.25) is 10.0 Å². The summed E-state index contributed by atoms with van der Waals surface area (Å²) in [5.74, 6) is 0.862. The molecule has 3 N–H and O–H groups in total. The first-order valence-electron chi connectivity index (χ1n) is 16.6. The lowest BCUT2D eigenvalue weighted by Gasteiger charge is -2.32. The minimum Gasteiger partial charge on any atom is -0.480 e. The van der Waals surface area contributed by atoms with Crippen LogP contribution in [0.15, 0.2) is 48.8 Å². The van der Waals surface area contributed by atoms with Gasteiger partial charge in [0.2, 0.25) is 23.6 Å². The van der Waals surface area contributed by atoms with E-state index in [0.29, 0.717) is 81.8 Å². The summed E-state index contributed by atoms with van der Waals surface area (Å²) in [6.45, 7) is 4.80. The first-order valence-corrected chi connectivity index (χ1v) is 17.4. The third kappa shape index (κ3) is 8.15. The van der Waals surface area contributed by atoms with E-state index in [4.69, 9.17) is 47.6 Å². The minimum absolute atomic E-state index is 0.0219. The molecule has 14 heteroatoms. The molecule has 0 bridgehead atoms. The quantitative estimate of drug-likeness (QED) is 0.182. The molecule has 2 saturated heterocycles. The molecule has 6 rings (SSSR count). The molecule has 2 atom stereocenters. The van der Waals surface area contributed by atoms with Gasteiger partial charge in [-0.2, -0.15) is 0 Å². The number of hydrogen-bond acceptors (Lipinski definition) is 10. The maximum absolute atomic E-state index is 11.6. The van der Waals surface area contributed by atoms with E-state index in [9.17, 15) is 9.59 Å². The van der Waals surface area contributed by atoms with E-state index >= 15 is 0 Å². The molecule has 2 aliphatic rings. The molecule has 2 fully saturated rings.